The lowest BCUT2D eigenvalue weighted by Crippen LogP contribution is -2.34. The second-order valence-corrected chi connectivity index (χ2v) is 5.41. The molecule has 0 saturated heterocycles. The molecule has 2 rings (SSSR count). The van der Waals surface area contributed by atoms with Gasteiger partial charge >= 0.3 is 0 Å². The smallest absolute Gasteiger partial charge is 0.274 e. The number of benzene rings is 1. The van der Waals surface area contributed by atoms with Crippen molar-refractivity contribution in [2.24, 2.45) is 11.7 Å². The van der Waals surface area contributed by atoms with Gasteiger partial charge in [0.1, 0.15) is 5.75 Å². The molecule has 0 heterocycles. The van der Waals surface area contributed by atoms with Gasteiger partial charge in [0.2, 0.25) is 0 Å². The van der Waals surface area contributed by atoms with Gasteiger partial charge in [-0.25, -0.2) is 0 Å². The first-order valence-corrected chi connectivity index (χ1v) is 6.91. The van der Waals surface area contributed by atoms with Crippen molar-refractivity contribution < 1.29 is 15.1 Å². The maximum atomic E-state index is 11.0. The van der Waals surface area contributed by atoms with Crippen LogP contribution in [0.15, 0.2) is 18.2 Å². The van der Waals surface area contributed by atoms with E-state index >= 15 is 0 Å². The van der Waals surface area contributed by atoms with E-state index < -0.39 is 17.1 Å². The van der Waals surface area contributed by atoms with Crippen LogP contribution in [0.5, 0.6) is 5.75 Å². The summed E-state index contributed by atoms with van der Waals surface area (Å²) in [6.45, 7) is 0. The van der Waals surface area contributed by atoms with Crippen LogP contribution in [0.2, 0.25) is 0 Å². The lowest BCUT2D eigenvalue weighted by molar-refractivity contribution is -0.385. The number of aliphatic hydroxyl groups is 1. The van der Waals surface area contributed by atoms with Crippen molar-refractivity contribution in [2.75, 3.05) is 0 Å². The first kappa shape index (κ1) is 14.7. The molecular formula is C14H20N2O4. The Bertz CT molecular complexity index is 486. The highest BCUT2D eigenvalue weighted by atomic mass is 16.6. The van der Waals surface area contributed by atoms with Crippen LogP contribution in [0.3, 0.4) is 0 Å². The van der Waals surface area contributed by atoms with E-state index in [2.05, 4.69) is 0 Å². The summed E-state index contributed by atoms with van der Waals surface area (Å²) in [6, 6.07) is 2.89. The molecule has 0 aromatic heterocycles. The van der Waals surface area contributed by atoms with Crippen LogP contribution in [0, 0.1) is 16.0 Å². The van der Waals surface area contributed by atoms with E-state index in [1.807, 2.05) is 0 Å². The SMILES string of the molecule is N[C@H](c1cc(O)ccc1[N+](=O)[O-])[C@@H](O)C1CCCCC1. The maximum absolute atomic E-state index is 11.0. The Morgan fingerprint density at radius 3 is 2.55 bits per heavy atom. The second-order valence-electron chi connectivity index (χ2n) is 5.41. The average molecular weight is 280 g/mol. The zero-order chi connectivity index (χ0) is 14.7. The van der Waals surface area contributed by atoms with E-state index in [0.717, 1.165) is 32.1 Å². The number of hydrogen-bond donors (Lipinski definition) is 3. The predicted molar refractivity (Wildman–Crippen MR) is 74.3 cm³/mol. The third-order valence-electron chi connectivity index (χ3n) is 4.07. The molecule has 20 heavy (non-hydrogen) atoms. The van der Waals surface area contributed by atoms with Gasteiger partial charge in [0, 0.05) is 6.07 Å². The van der Waals surface area contributed by atoms with Crippen molar-refractivity contribution in [3.63, 3.8) is 0 Å². The predicted octanol–water partition coefficient (Wildman–Crippen LogP) is 2.24. The summed E-state index contributed by atoms with van der Waals surface area (Å²) in [5, 5.41) is 30.9. The molecule has 110 valence electrons. The van der Waals surface area contributed by atoms with E-state index in [-0.39, 0.29) is 22.9 Å². The fraction of sp³-hybridized carbons (Fsp3) is 0.571. The van der Waals surface area contributed by atoms with Gasteiger partial charge in [-0.2, -0.15) is 0 Å². The number of nitrogens with zero attached hydrogens (tertiary/aromatic N) is 1. The Hall–Kier alpha value is -1.66. The van der Waals surface area contributed by atoms with Gasteiger partial charge in [0.15, 0.2) is 0 Å². The number of nitrogens with two attached hydrogens (primary N) is 1. The van der Waals surface area contributed by atoms with Gasteiger partial charge in [0.25, 0.3) is 5.69 Å². The van der Waals surface area contributed by atoms with Crippen molar-refractivity contribution in [3.05, 3.63) is 33.9 Å². The number of aliphatic hydroxyl groups excluding tert-OH is 1. The summed E-state index contributed by atoms with van der Waals surface area (Å²) in [5.41, 5.74) is 6.04. The number of nitro groups is 1. The molecule has 1 aromatic rings. The van der Waals surface area contributed by atoms with Crippen LogP contribution < -0.4 is 5.73 Å². The zero-order valence-electron chi connectivity index (χ0n) is 11.2. The highest BCUT2D eigenvalue weighted by molar-refractivity contribution is 5.47. The summed E-state index contributed by atoms with van der Waals surface area (Å²) in [5.74, 6) is -0.0161. The van der Waals surface area contributed by atoms with Crippen molar-refractivity contribution in [1.29, 1.82) is 0 Å². The number of nitro benzene ring substituents is 1. The second kappa shape index (κ2) is 6.19. The molecule has 1 aliphatic carbocycles. The van der Waals surface area contributed by atoms with Crippen LogP contribution >= 0.6 is 0 Å². The molecule has 0 amide bonds. The molecule has 1 fully saturated rings. The highest BCUT2D eigenvalue weighted by Crippen LogP contribution is 2.35. The first-order chi connectivity index (χ1) is 9.50. The number of aromatic hydroxyl groups is 1. The monoisotopic (exact) mass is 280 g/mol. The Morgan fingerprint density at radius 1 is 1.30 bits per heavy atom. The molecule has 1 aliphatic rings. The number of phenolic OH excluding ortho intramolecular Hbond substituents is 1. The summed E-state index contributed by atoms with van der Waals surface area (Å²) >= 11 is 0. The zero-order valence-corrected chi connectivity index (χ0v) is 11.2. The minimum absolute atomic E-state index is 0.0701. The van der Waals surface area contributed by atoms with E-state index in [9.17, 15) is 20.3 Å². The van der Waals surface area contributed by atoms with Gasteiger partial charge in [-0.05, 0) is 30.9 Å². The topological polar surface area (TPSA) is 110 Å². The number of rotatable bonds is 4. The van der Waals surface area contributed by atoms with E-state index in [4.69, 9.17) is 5.73 Å². The maximum Gasteiger partial charge on any atom is 0.274 e. The number of phenols is 1. The lowest BCUT2D eigenvalue weighted by Gasteiger charge is -2.30. The van der Waals surface area contributed by atoms with Crippen molar-refractivity contribution in [1.82, 2.24) is 0 Å². The third-order valence-corrected chi connectivity index (χ3v) is 4.07. The molecule has 0 radical (unpaired) electrons. The quantitative estimate of drug-likeness (QED) is 0.578. The molecule has 2 atom stereocenters. The largest absolute Gasteiger partial charge is 0.508 e. The van der Waals surface area contributed by atoms with Crippen LogP contribution in [0.1, 0.15) is 43.7 Å². The number of hydrogen-bond acceptors (Lipinski definition) is 5. The minimum Gasteiger partial charge on any atom is -0.508 e. The first-order valence-electron chi connectivity index (χ1n) is 6.91. The lowest BCUT2D eigenvalue weighted by atomic mass is 9.81. The fourth-order valence-corrected chi connectivity index (χ4v) is 2.93. The van der Waals surface area contributed by atoms with Crippen molar-refractivity contribution >= 4 is 5.69 Å². The average Bonchev–Trinajstić information content (AvgIpc) is 2.46. The molecule has 1 saturated carbocycles. The third kappa shape index (κ3) is 3.08. The molecule has 6 heteroatoms. The van der Waals surface area contributed by atoms with Gasteiger partial charge in [-0.15, -0.1) is 0 Å². The van der Waals surface area contributed by atoms with E-state index in [0.29, 0.717) is 0 Å². The van der Waals surface area contributed by atoms with Crippen LogP contribution in [0.25, 0.3) is 0 Å². The minimum atomic E-state index is -0.856. The molecule has 6 nitrogen and oxygen atoms in total. The summed E-state index contributed by atoms with van der Waals surface area (Å²) in [7, 11) is 0. The molecule has 0 aliphatic heterocycles. The highest BCUT2D eigenvalue weighted by Gasteiger charge is 2.31. The molecular weight excluding hydrogens is 260 g/mol. The molecule has 4 N–H and O–H groups in total. The molecule has 0 spiro atoms. The van der Waals surface area contributed by atoms with E-state index in [1.165, 1.54) is 18.2 Å². The van der Waals surface area contributed by atoms with Gasteiger partial charge in [-0.1, -0.05) is 19.3 Å². The molecule has 1 aromatic carbocycles. The Kier molecular flexibility index (Phi) is 4.57. The van der Waals surface area contributed by atoms with Gasteiger partial charge in [0.05, 0.1) is 22.6 Å². The van der Waals surface area contributed by atoms with Crippen molar-refractivity contribution in [2.45, 2.75) is 44.2 Å². The summed E-state index contributed by atoms with van der Waals surface area (Å²) in [4.78, 5) is 10.5. The Labute approximate surface area is 117 Å². The fourth-order valence-electron chi connectivity index (χ4n) is 2.93. The molecule has 0 unspecified atom stereocenters. The molecule has 0 bridgehead atoms. The van der Waals surface area contributed by atoms with Crippen LogP contribution in [-0.2, 0) is 0 Å². The Morgan fingerprint density at radius 2 is 1.95 bits per heavy atom. The van der Waals surface area contributed by atoms with Crippen LogP contribution in [-0.4, -0.2) is 21.2 Å². The van der Waals surface area contributed by atoms with Gasteiger partial charge < -0.3 is 15.9 Å². The van der Waals surface area contributed by atoms with Crippen molar-refractivity contribution in [3.8, 4) is 5.75 Å². The normalized spacial score (nSPS) is 19.5. The van der Waals surface area contributed by atoms with Crippen LogP contribution in [0.4, 0.5) is 5.69 Å². The summed E-state index contributed by atoms with van der Waals surface area (Å²) in [6.07, 6.45) is 4.22. The van der Waals surface area contributed by atoms with Gasteiger partial charge in [-0.3, -0.25) is 10.1 Å². The summed E-state index contributed by atoms with van der Waals surface area (Å²) < 4.78 is 0. The standard InChI is InChI=1S/C14H20N2O4/c15-13(14(18)9-4-2-1-3-5-9)11-8-10(17)6-7-12(11)16(19)20/h6-9,13-14,17-18H,1-5,15H2/t13-,14+/m1/s1. The van der Waals surface area contributed by atoms with E-state index in [1.54, 1.807) is 0 Å². The Balaban J connectivity index is 2.24.